The van der Waals surface area contributed by atoms with Crippen molar-refractivity contribution in [1.82, 2.24) is 24.2 Å². The number of fused-ring (bicyclic) bond motifs is 1. The summed E-state index contributed by atoms with van der Waals surface area (Å²) in [7, 11) is 2.57. The van der Waals surface area contributed by atoms with Gasteiger partial charge in [0.15, 0.2) is 11.9 Å². The summed E-state index contributed by atoms with van der Waals surface area (Å²) in [5, 5.41) is 13.6. The lowest BCUT2D eigenvalue weighted by Gasteiger charge is -2.36. The maximum absolute atomic E-state index is 13.9. The molecule has 11 nitrogen and oxygen atoms in total. The van der Waals surface area contributed by atoms with Gasteiger partial charge in [-0.3, -0.25) is 14.5 Å². The van der Waals surface area contributed by atoms with Gasteiger partial charge in [0.1, 0.15) is 11.3 Å². The molecule has 3 heterocycles. The Hall–Kier alpha value is -4.95. The van der Waals surface area contributed by atoms with E-state index >= 15 is 0 Å². The Balaban J connectivity index is 1.79. The Morgan fingerprint density at radius 3 is 2.38 bits per heavy atom. The van der Waals surface area contributed by atoms with Crippen molar-refractivity contribution < 1.29 is 45.4 Å². The molecule has 0 fully saturated rings. The smallest absolute Gasteiger partial charge is 0.451 e. The van der Waals surface area contributed by atoms with Gasteiger partial charge < -0.3 is 14.0 Å². The normalized spacial score (nSPS) is 13.0. The van der Waals surface area contributed by atoms with Crippen molar-refractivity contribution in [3.05, 3.63) is 81.0 Å². The molecule has 0 saturated heterocycles. The van der Waals surface area contributed by atoms with Crippen LogP contribution in [0.15, 0.2) is 53.6 Å². The van der Waals surface area contributed by atoms with Crippen molar-refractivity contribution in [1.29, 1.82) is 5.26 Å². The molecule has 0 aliphatic rings. The van der Waals surface area contributed by atoms with Crippen molar-refractivity contribution in [2.75, 3.05) is 14.1 Å². The van der Waals surface area contributed by atoms with Crippen LogP contribution in [0.3, 0.4) is 0 Å². The molecule has 0 aliphatic heterocycles. The minimum Gasteiger partial charge on any atom is -0.451 e. The average molecular weight is 685 g/mol. The van der Waals surface area contributed by atoms with E-state index in [0.717, 1.165) is 32.5 Å². The molecular formula is C29H23ClF6N6O5. The predicted molar refractivity (Wildman–Crippen MR) is 153 cm³/mol. The van der Waals surface area contributed by atoms with E-state index in [2.05, 4.69) is 14.8 Å². The van der Waals surface area contributed by atoms with E-state index in [1.54, 1.807) is 6.07 Å². The van der Waals surface area contributed by atoms with Crippen LogP contribution in [0.1, 0.15) is 35.5 Å². The maximum atomic E-state index is 13.9. The molecule has 18 heteroatoms. The van der Waals surface area contributed by atoms with Crippen LogP contribution in [0.4, 0.5) is 26.3 Å². The van der Waals surface area contributed by atoms with Gasteiger partial charge in [0, 0.05) is 22.8 Å². The Morgan fingerprint density at radius 1 is 1.11 bits per heavy atom. The van der Waals surface area contributed by atoms with Gasteiger partial charge in [0.25, 0.3) is 11.5 Å². The fourth-order valence-corrected chi connectivity index (χ4v) is 4.91. The van der Waals surface area contributed by atoms with E-state index < -0.39 is 59.3 Å². The first-order valence-corrected chi connectivity index (χ1v) is 13.6. The number of carbonyl (C=O) groups excluding carboxylic acids is 2. The third-order valence-corrected chi connectivity index (χ3v) is 6.98. The van der Waals surface area contributed by atoms with Crippen molar-refractivity contribution in [2.24, 2.45) is 5.41 Å². The third kappa shape index (κ3) is 7.23. The van der Waals surface area contributed by atoms with Crippen molar-refractivity contribution in [2.45, 2.75) is 39.0 Å². The van der Waals surface area contributed by atoms with Crippen LogP contribution >= 0.6 is 11.6 Å². The summed E-state index contributed by atoms with van der Waals surface area (Å²) in [5.74, 6) is -4.94. The lowest BCUT2D eigenvalue weighted by Crippen LogP contribution is -2.51. The molecular weight excluding hydrogens is 662 g/mol. The lowest BCUT2D eigenvalue weighted by atomic mass is 9.89. The van der Waals surface area contributed by atoms with E-state index in [0.29, 0.717) is 6.07 Å². The van der Waals surface area contributed by atoms with E-state index in [1.807, 2.05) is 0 Å². The lowest BCUT2D eigenvalue weighted by molar-refractivity contribution is -0.217. The van der Waals surface area contributed by atoms with Crippen LogP contribution in [-0.2, 0) is 22.3 Å². The molecule has 3 aromatic heterocycles. The van der Waals surface area contributed by atoms with E-state index in [4.69, 9.17) is 16.3 Å². The topological polar surface area (TPSA) is 132 Å². The number of aromatic nitrogens is 4. The van der Waals surface area contributed by atoms with Crippen LogP contribution in [0.2, 0.25) is 5.02 Å². The van der Waals surface area contributed by atoms with Gasteiger partial charge in [-0.25, -0.2) is 9.78 Å². The molecule has 0 spiro atoms. The summed E-state index contributed by atoms with van der Waals surface area (Å²) in [4.78, 5) is 44.1. The molecule has 0 saturated carbocycles. The molecule has 0 radical (unpaired) electrons. The summed E-state index contributed by atoms with van der Waals surface area (Å²) in [6.45, 7) is 1.92. The highest BCUT2D eigenvalue weighted by atomic mass is 35.5. The summed E-state index contributed by atoms with van der Waals surface area (Å²) in [5.41, 5.74) is -4.73. The number of pyridine rings is 2. The predicted octanol–water partition coefficient (Wildman–Crippen LogP) is 5.64. The fourth-order valence-electron chi connectivity index (χ4n) is 4.68. The van der Waals surface area contributed by atoms with Crippen LogP contribution in [-0.4, -0.2) is 62.6 Å². The third-order valence-electron chi connectivity index (χ3n) is 6.77. The quantitative estimate of drug-likeness (QED) is 0.131. The molecule has 0 aliphatic carbocycles. The van der Waals surface area contributed by atoms with Gasteiger partial charge in [0.05, 0.1) is 29.3 Å². The van der Waals surface area contributed by atoms with Crippen molar-refractivity contribution >= 4 is 34.5 Å². The molecule has 0 bridgehead atoms. The number of alkyl halides is 6. The van der Waals surface area contributed by atoms with Crippen LogP contribution in [0, 0.1) is 16.7 Å². The molecule has 47 heavy (non-hydrogen) atoms. The number of esters is 1. The number of carbonyl (C=O) groups is 2. The monoisotopic (exact) mass is 684 g/mol. The molecule has 0 N–H and O–H groups in total. The molecule has 1 aromatic carbocycles. The first-order chi connectivity index (χ1) is 21.7. The van der Waals surface area contributed by atoms with Gasteiger partial charge in [-0.1, -0.05) is 11.6 Å². The van der Waals surface area contributed by atoms with Crippen LogP contribution in [0.5, 0.6) is 11.5 Å². The van der Waals surface area contributed by atoms with Gasteiger partial charge >= 0.3 is 18.3 Å². The van der Waals surface area contributed by atoms with E-state index in [9.17, 15) is 46.0 Å². The zero-order chi connectivity index (χ0) is 35.1. The number of nitriles is 1. The highest BCUT2D eigenvalue weighted by Gasteiger charge is 2.49. The standard InChI is InChI=1S/C29H23ClF6N6O5/c1-27(2,25(40(3)4)47-26(45)29(34,35)36)24(44)42-22-18(6-5-8-38-22)20(39-42)14-41-9-7-19(28(31,32)33)21(23(41)43)46-17-11-15(13-37)10-16(30)12-17/h5-12,25H,14H2,1-4H3. The van der Waals surface area contributed by atoms with Crippen LogP contribution in [0.25, 0.3) is 11.0 Å². The Morgan fingerprint density at radius 2 is 1.79 bits per heavy atom. The summed E-state index contributed by atoms with van der Waals surface area (Å²) < 4.78 is 92.4. The summed E-state index contributed by atoms with van der Waals surface area (Å²) in [6.07, 6.45) is -9.99. The largest absolute Gasteiger partial charge is 0.490 e. The molecule has 1 atom stereocenters. The first-order valence-electron chi connectivity index (χ1n) is 13.3. The zero-order valence-corrected chi connectivity index (χ0v) is 25.5. The van der Waals surface area contributed by atoms with E-state index in [1.165, 1.54) is 52.3 Å². The fraction of sp³-hybridized carbons (Fsp3) is 0.310. The second-order valence-corrected chi connectivity index (χ2v) is 11.3. The van der Waals surface area contributed by atoms with Gasteiger partial charge in [-0.05, 0) is 64.3 Å². The Bertz CT molecular complexity index is 1960. The Kier molecular flexibility index (Phi) is 9.42. The minimum atomic E-state index is -5.34. The van der Waals surface area contributed by atoms with Crippen LogP contribution < -0.4 is 10.3 Å². The number of ether oxygens (including phenoxy) is 2. The van der Waals surface area contributed by atoms with Crippen molar-refractivity contribution in [3.8, 4) is 17.6 Å². The molecule has 248 valence electrons. The summed E-state index contributed by atoms with van der Waals surface area (Å²) >= 11 is 5.94. The number of benzene rings is 1. The first kappa shape index (κ1) is 34.9. The molecule has 4 rings (SSSR count). The maximum Gasteiger partial charge on any atom is 0.490 e. The minimum absolute atomic E-state index is 0.0340. The second kappa shape index (κ2) is 12.7. The van der Waals surface area contributed by atoms with Crippen molar-refractivity contribution in [3.63, 3.8) is 0 Å². The Labute approximate surface area is 266 Å². The summed E-state index contributed by atoms with van der Waals surface area (Å²) in [6, 6.07) is 8.71. The SMILES string of the molecule is CN(C)C(OC(=O)C(F)(F)F)C(C)(C)C(=O)n1nc(Cn2ccc(C(F)(F)F)c(Oc3cc(Cl)cc(C#N)c3)c2=O)c2cccnc21. The molecule has 4 aromatic rings. The van der Waals surface area contributed by atoms with E-state index in [-0.39, 0.29) is 33.1 Å². The highest BCUT2D eigenvalue weighted by molar-refractivity contribution is 6.30. The number of nitrogens with zero attached hydrogens (tertiary/aromatic N) is 6. The van der Waals surface area contributed by atoms with Gasteiger partial charge in [-0.15, -0.1) is 0 Å². The number of hydrogen-bond donors (Lipinski definition) is 0. The van der Waals surface area contributed by atoms with Gasteiger partial charge in [0.2, 0.25) is 5.75 Å². The second-order valence-electron chi connectivity index (χ2n) is 10.9. The highest BCUT2D eigenvalue weighted by Crippen LogP contribution is 2.37. The number of halogens is 7. The number of hydrogen-bond acceptors (Lipinski definition) is 9. The molecule has 1 unspecified atom stereocenters. The number of rotatable bonds is 8. The zero-order valence-electron chi connectivity index (χ0n) is 24.8. The average Bonchev–Trinajstić information content (AvgIpc) is 3.33. The van der Waals surface area contributed by atoms with Gasteiger partial charge in [-0.2, -0.15) is 41.4 Å². The molecule has 0 amide bonds.